The molecule has 2 aliphatic heterocycles. The lowest BCUT2D eigenvalue weighted by Crippen LogP contribution is -2.62. The largest absolute Gasteiger partial charge is 0.504 e. The fourth-order valence-corrected chi connectivity index (χ4v) is 3.79. The molecular formula is C22H30O14. The predicted molar refractivity (Wildman–Crippen MR) is 116 cm³/mol. The maximum atomic E-state index is 12.1. The van der Waals surface area contributed by atoms with Gasteiger partial charge in [-0.2, -0.15) is 0 Å². The third-order valence-corrected chi connectivity index (χ3v) is 5.90. The van der Waals surface area contributed by atoms with Crippen LogP contribution in [0.25, 0.3) is 6.08 Å². The number of methoxy groups -OCH3 is 1. The highest BCUT2D eigenvalue weighted by Gasteiger charge is 2.58. The first kappa shape index (κ1) is 28.2. The van der Waals surface area contributed by atoms with Gasteiger partial charge in [-0.25, -0.2) is 4.79 Å². The summed E-state index contributed by atoms with van der Waals surface area (Å²) in [4.78, 5) is 12.1. The first-order chi connectivity index (χ1) is 17.1. The molecule has 0 amide bonds. The van der Waals surface area contributed by atoms with Crippen molar-refractivity contribution in [3.05, 3.63) is 29.8 Å². The molecule has 14 nitrogen and oxygen atoms in total. The van der Waals surface area contributed by atoms with Gasteiger partial charge in [-0.1, -0.05) is 6.07 Å². The van der Waals surface area contributed by atoms with Crippen molar-refractivity contribution in [1.82, 2.24) is 0 Å². The number of rotatable bonds is 9. The van der Waals surface area contributed by atoms with E-state index in [2.05, 4.69) is 0 Å². The predicted octanol–water partition coefficient (Wildman–Crippen LogP) is -3.42. The molecule has 0 aromatic heterocycles. The highest BCUT2D eigenvalue weighted by molar-refractivity contribution is 5.87. The van der Waals surface area contributed by atoms with Crippen molar-refractivity contribution in [3.63, 3.8) is 0 Å². The van der Waals surface area contributed by atoms with Crippen LogP contribution in [0.5, 0.6) is 11.5 Å². The third-order valence-electron chi connectivity index (χ3n) is 5.90. The maximum absolute atomic E-state index is 12.1. The van der Waals surface area contributed by atoms with Crippen LogP contribution < -0.4 is 4.74 Å². The van der Waals surface area contributed by atoms with E-state index in [1.807, 2.05) is 0 Å². The van der Waals surface area contributed by atoms with Gasteiger partial charge in [0.1, 0.15) is 55.9 Å². The first-order valence-corrected chi connectivity index (χ1v) is 10.9. The van der Waals surface area contributed by atoms with Crippen molar-refractivity contribution < 1.29 is 69.3 Å². The van der Waals surface area contributed by atoms with Gasteiger partial charge in [-0.05, 0) is 23.8 Å². The second kappa shape index (κ2) is 11.8. The van der Waals surface area contributed by atoms with Crippen molar-refractivity contribution in [1.29, 1.82) is 0 Å². The SMILES string of the molecule is COc1cc(C=CC(=O)OC[C@H]2O[C@@H](O[C@]3(CO)O[C@@H](CO)[C@@H](O)[C@H]3O)[C@@H](O)[C@@H](O)[C@H]2O)ccc1O. The summed E-state index contributed by atoms with van der Waals surface area (Å²) in [6.45, 7) is -2.34. The Bertz CT molecular complexity index is 924. The number of carbonyl (C=O) groups is 1. The summed E-state index contributed by atoms with van der Waals surface area (Å²) in [6, 6.07) is 4.36. The second-order valence-corrected chi connectivity index (χ2v) is 8.27. The second-order valence-electron chi connectivity index (χ2n) is 8.27. The molecule has 8 N–H and O–H groups in total. The number of benzene rings is 1. The van der Waals surface area contributed by atoms with Crippen molar-refractivity contribution in [3.8, 4) is 11.5 Å². The van der Waals surface area contributed by atoms with Crippen LogP contribution in [-0.2, 0) is 23.7 Å². The van der Waals surface area contributed by atoms with Gasteiger partial charge < -0.3 is 64.5 Å². The zero-order valence-corrected chi connectivity index (χ0v) is 19.2. The van der Waals surface area contributed by atoms with Gasteiger partial charge in [0.15, 0.2) is 17.8 Å². The van der Waals surface area contributed by atoms with Gasteiger partial charge in [0.25, 0.3) is 0 Å². The summed E-state index contributed by atoms with van der Waals surface area (Å²) in [5.74, 6) is -3.07. The number of aliphatic hydroxyl groups is 7. The lowest BCUT2D eigenvalue weighted by Gasteiger charge is -2.43. The first-order valence-electron chi connectivity index (χ1n) is 10.9. The lowest BCUT2D eigenvalue weighted by molar-refractivity contribution is -0.383. The van der Waals surface area contributed by atoms with Crippen molar-refractivity contribution in [2.45, 2.75) is 54.8 Å². The molecule has 36 heavy (non-hydrogen) atoms. The van der Waals surface area contributed by atoms with Crippen molar-refractivity contribution in [2.75, 3.05) is 26.9 Å². The summed E-state index contributed by atoms with van der Waals surface area (Å²) in [6.07, 6.45) is -11.1. The highest BCUT2D eigenvalue weighted by Crippen LogP contribution is 2.36. The Labute approximate surface area is 205 Å². The zero-order chi connectivity index (χ0) is 26.6. The van der Waals surface area contributed by atoms with Crippen LogP contribution in [0.1, 0.15) is 5.56 Å². The van der Waals surface area contributed by atoms with Crippen LogP contribution in [0.2, 0.25) is 0 Å². The summed E-state index contributed by atoms with van der Waals surface area (Å²) in [5.41, 5.74) is 0.510. The normalized spacial score (nSPS) is 36.8. The Hall–Kier alpha value is -2.37. The fourth-order valence-electron chi connectivity index (χ4n) is 3.79. The van der Waals surface area contributed by atoms with E-state index in [-0.39, 0.29) is 11.5 Å². The summed E-state index contributed by atoms with van der Waals surface area (Å²) >= 11 is 0. The van der Waals surface area contributed by atoms with Gasteiger partial charge in [-0.3, -0.25) is 0 Å². The molecule has 2 aliphatic rings. The molecular weight excluding hydrogens is 488 g/mol. The molecule has 9 atom stereocenters. The van der Waals surface area contributed by atoms with Gasteiger partial charge in [0.05, 0.1) is 13.7 Å². The molecule has 2 heterocycles. The van der Waals surface area contributed by atoms with E-state index in [0.717, 1.165) is 6.08 Å². The number of esters is 1. The molecule has 0 aliphatic carbocycles. The van der Waals surface area contributed by atoms with Gasteiger partial charge >= 0.3 is 5.97 Å². The molecule has 2 saturated heterocycles. The minimum Gasteiger partial charge on any atom is -0.504 e. The van der Waals surface area contributed by atoms with Crippen LogP contribution >= 0.6 is 0 Å². The quantitative estimate of drug-likeness (QED) is 0.118. The lowest BCUT2D eigenvalue weighted by atomic mass is 9.99. The zero-order valence-electron chi connectivity index (χ0n) is 19.2. The number of phenolic OH excluding ortho intramolecular Hbond substituents is 1. The van der Waals surface area contributed by atoms with Gasteiger partial charge in [-0.15, -0.1) is 0 Å². The molecule has 1 aromatic rings. The number of aliphatic hydroxyl groups excluding tert-OH is 7. The van der Waals surface area contributed by atoms with E-state index in [1.165, 1.54) is 31.4 Å². The minimum absolute atomic E-state index is 0.0851. The van der Waals surface area contributed by atoms with E-state index in [9.17, 15) is 45.6 Å². The highest BCUT2D eigenvalue weighted by atomic mass is 16.8. The number of ether oxygens (including phenoxy) is 5. The molecule has 202 valence electrons. The number of hydrogen-bond donors (Lipinski definition) is 8. The summed E-state index contributed by atoms with van der Waals surface area (Å²) in [7, 11) is 1.36. The number of carbonyl (C=O) groups excluding carboxylic acids is 1. The molecule has 14 heteroatoms. The van der Waals surface area contributed by atoms with E-state index in [4.69, 9.17) is 23.7 Å². The molecule has 3 rings (SSSR count). The summed E-state index contributed by atoms with van der Waals surface area (Å²) in [5, 5.41) is 79.6. The number of phenols is 1. The molecule has 0 radical (unpaired) electrons. The average Bonchev–Trinajstić information content (AvgIpc) is 3.12. The van der Waals surface area contributed by atoms with Crippen LogP contribution in [0.4, 0.5) is 0 Å². The fraction of sp³-hybridized carbons (Fsp3) is 0.591. The maximum Gasteiger partial charge on any atom is 0.330 e. The Balaban J connectivity index is 1.64. The van der Waals surface area contributed by atoms with Crippen molar-refractivity contribution in [2.24, 2.45) is 0 Å². The van der Waals surface area contributed by atoms with Gasteiger partial charge in [0, 0.05) is 6.08 Å². The Morgan fingerprint density at radius 2 is 1.78 bits per heavy atom. The third kappa shape index (κ3) is 5.78. The molecule has 0 bridgehead atoms. The minimum atomic E-state index is -2.32. The Morgan fingerprint density at radius 3 is 2.39 bits per heavy atom. The van der Waals surface area contributed by atoms with Crippen LogP contribution in [0, 0.1) is 0 Å². The van der Waals surface area contributed by atoms with Crippen LogP contribution in [0.3, 0.4) is 0 Å². The summed E-state index contributed by atoms with van der Waals surface area (Å²) < 4.78 is 26.0. The topological polar surface area (TPSA) is 225 Å². The van der Waals surface area contributed by atoms with Gasteiger partial charge in [0.2, 0.25) is 5.79 Å². The van der Waals surface area contributed by atoms with E-state index < -0.39 is 80.6 Å². The monoisotopic (exact) mass is 518 g/mol. The average molecular weight is 518 g/mol. The van der Waals surface area contributed by atoms with E-state index in [1.54, 1.807) is 0 Å². The van der Waals surface area contributed by atoms with E-state index >= 15 is 0 Å². The Kier molecular flexibility index (Phi) is 9.23. The number of aromatic hydroxyl groups is 1. The molecule has 0 unspecified atom stereocenters. The van der Waals surface area contributed by atoms with E-state index in [0.29, 0.717) is 5.56 Å². The molecule has 2 fully saturated rings. The smallest absolute Gasteiger partial charge is 0.330 e. The molecule has 0 saturated carbocycles. The molecule has 0 spiro atoms. The number of hydrogen-bond acceptors (Lipinski definition) is 14. The Morgan fingerprint density at radius 1 is 1.06 bits per heavy atom. The molecule has 1 aromatic carbocycles. The van der Waals surface area contributed by atoms with Crippen molar-refractivity contribution >= 4 is 12.0 Å². The van der Waals surface area contributed by atoms with Crippen LogP contribution in [0.15, 0.2) is 24.3 Å². The standard InChI is InChI=1S/C22H30O14/c1-32-12-6-10(2-4-11(12)25)3-5-15(26)33-8-14-16(27)18(29)19(30)21(34-14)36-22(9-24)20(31)17(28)13(7-23)35-22/h2-6,13-14,16-21,23-25,27-31H,7-9H2,1H3/t13-,14+,16-,17+,18-,19-,20+,21-,22-/m0/s1. The van der Waals surface area contributed by atoms with Crippen LogP contribution in [-0.4, -0.2) is 129 Å².